The Labute approximate surface area is 371 Å². The van der Waals surface area contributed by atoms with Gasteiger partial charge in [-0.2, -0.15) is 0 Å². The summed E-state index contributed by atoms with van der Waals surface area (Å²) in [5, 5.41) is 12.6. The van der Waals surface area contributed by atoms with Crippen LogP contribution >= 0.6 is 0 Å². The second-order valence-corrected chi connectivity index (χ2v) is 20.6. The van der Waals surface area contributed by atoms with Gasteiger partial charge in [-0.25, -0.2) is 0 Å². The van der Waals surface area contributed by atoms with Gasteiger partial charge in [0.15, 0.2) is 8.07 Å². The van der Waals surface area contributed by atoms with Crippen LogP contribution in [-0.4, -0.2) is 17.2 Å². The molecule has 0 unspecified atom stereocenters. The van der Waals surface area contributed by atoms with Crippen molar-refractivity contribution in [1.82, 2.24) is 9.13 Å². The molecule has 64 heavy (non-hydrogen) atoms. The van der Waals surface area contributed by atoms with Crippen LogP contribution in [0.3, 0.4) is 0 Å². The molecule has 3 nitrogen and oxygen atoms in total. The molecule has 3 aromatic heterocycles. The van der Waals surface area contributed by atoms with Crippen molar-refractivity contribution in [2.75, 3.05) is 0 Å². The highest BCUT2D eigenvalue weighted by Gasteiger charge is 2.41. The molecule has 13 rings (SSSR count). The van der Waals surface area contributed by atoms with Crippen LogP contribution in [0.15, 0.2) is 247 Å². The predicted octanol–water partition coefficient (Wildman–Crippen LogP) is 12.8. The minimum atomic E-state index is -2.81. The Kier molecular flexibility index (Phi) is 8.23. The molecule has 0 N–H and O–H groups in total. The summed E-state index contributed by atoms with van der Waals surface area (Å²) in [6.07, 6.45) is 0. The minimum absolute atomic E-state index is 0.903. The molecule has 0 aliphatic rings. The van der Waals surface area contributed by atoms with Crippen molar-refractivity contribution < 1.29 is 4.42 Å². The Morgan fingerprint density at radius 3 is 1.50 bits per heavy atom. The van der Waals surface area contributed by atoms with Gasteiger partial charge in [0.1, 0.15) is 11.2 Å². The van der Waals surface area contributed by atoms with Gasteiger partial charge in [-0.05, 0) is 86.5 Å². The van der Waals surface area contributed by atoms with Crippen molar-refractivity contribution in [2.24, 2.45) is 0 Å². The highest BCUT2D eigenvalue weighted by Crippen LogP contribution is 2.41. The molecule has 10 aromatic carbocycles. The number of fused-ring (bicyclic) bond motifs is 9. The molecule has 0 aliphatic carbocycles. The first-order valence-corrected chi connectivity index (χ1v) is 24.0. The SMILES string of the molecule is c1ccc([Si](c2ccccc2)(c2ccccc2)c2cccc(-n3c4ccccc4c4cccc(-n5c6ccccc6c6ccc(-c7ccc8oc9ccccc9c8c7)cc65)c43)c2)cc1. The quantitative estimate of drug-likeness (QED) is 0.116. The van der Waals surface area contributed by atoms with Gasteiger partial charge in [0.05, 0.1) is 27.8 Å². The lowest BCUT2D eigenvalue weighted by atomic mass is 10.0. The number of rotatable bonds is 7. The van der Waals surface area contributed by atoms with Crippen LogP contribution in [0.1, 0.15) is 0 Å². The summed E-state index contributed by atoms with van der Waals surface area (Å²) in [5.41, 5.74) is 11.1. The highest BCUT2D eigenvalue weighted by molar-refractivity contribution is 7.19. The minimum Gasteiger partial charge on any atom is -0.456 e. The van der Waals surface area contributed by atoms with E-state index in [1.54, 1.807) is 0 Å². The summed E-state index contributed by atoms with van der Waals surface area (Å²) in [6, 6.07) is 89.4. The summed E-state index contributed by atoms with van der Waals surface area (Å²) < 4.78 is 11.3. The molecule has 0 saturated heterocycles. The molecule has 0 amide bonds. The molecule has 300 valence electrons. The van der Waals surface area contributed by atoms with E-state index in [0.29, 0.717) is 0 Å². The van der Waals surface area contributed by atoms with Gasteiger partial charge < -0.3 is 13.6 Å². The van der Waals surface area contributed by atoms with E-state index >= 15 is 0 Å². The summed E-state index contributed by atoms with van der Waals surface area (Å²) in [7, 11) is -2.81. The van der Waals surface area contributed by atoms with Crippen LogP contribution < -0.4 is 20.7 Å². The van der Waals surface area contributed by atoms with E-state index < -0.39 is 8.07 Å². The van der Waals surface area contributed by atoms with E-state index in [1.807, 2.05) is 12.1 Å². The van der Waals surface area contributed by atoms with Crippen molar-refractivity contribution in [1.29, 1.82) is 0 Å². The van der Waals surface area contributed by atoms with Gasteiger partial charge in [0.25, 0.3) is 0 Å². The van der Waals surface area contributed by atoms with Crippen molar-refractivity contribution in [3.05, 3.63) is 243 Å². The molecule has 0 atom stereocenters. The van der Waals surface area contributed by atoms with Crippen LogP contribution in [0.2, 0.25) is 0 Å². The smallest absolute Gasteiger partial charge is 0.179 e. The molecule has 0 spiro atoms. The number of hydrogen-bond acceptors (Lipinski definition) is 1. The summed E-state index contributed by atoms with van der Waals surface area (Å²) in [5.74, 6) is 0. The van der Waals surface area contributed by atoms with Gasteiger partial charge in [-0.1, -0.05) is 188 Å². The topological polar surface area (TPSA) is 23.0 Å². The summed E-state index contributed by atoms with van der Waals surface area (Å²) in [6.45, 7) is 0. The van der Waals surface area contributed by atoms with Crippen molar-refractivity contribution >= 4 is 94.4 Å². The monoisotopic (exact) mass is 832 g/mol. The summed E-state index contributed by atoms with van der Waals surface area (Å²) >= 11 is 0. The number of para-hydroxylation sites is 4. The second kappa shape index (κ2) is 14.5. The molecular weight excluding hydrogens is 793 g/mol. The van der Waals surface area contributed by atoms with Crippen LogP contribution in [0.4, 0.5) is 0 Å². The molecule has 0 saturated carbocycles. The van der Waals surface area contributed by atoms with Crippen molar-refractivity contribution in [2.45, 2.75) is 0 Å². The van der Waals surface area contributed by atoms with E-state index in [-0.39, 0.29) is 0 Å². The van der Waals surface area contributed by atoms with E-state index in [4.69, 9.17) is 4.42 Å². The largest absolute Gasteiger partial charge is 0.456 e. The Balaban J connectivity index is 1.09. The molecule has 13 aromatic rings. The van der Waals surface area contributed by atoms with Crippen LogP contribution in [0, 0.1) is 0 Å². The van der Waals surface area contributed by atoms with Gasteiger partial charge in [0, 0.05) is 38.0 Å². The molecule has 3 heterocycles. The van der Waals surface area contributed by atoms with E-state index in [1.165, 1.54) is 58.8 Å². The maximum absolute atomic E-state index is 6.23. The predicted molar refractivity (Wildman–Crippen MR) is 271 cm³/mol. The van der Waals surface area contributed by atoms with Crippen LogP contribution in [0.25, 0.3) is 88.1 Å². The molecular formula is C60H40N2OSi. The zero-order chi connectivity index (χ0) is 42.2. The fraction of sp³-hybridized carbons (Fsp3) is 0. The Hall–Kier alpha value is -8.18. The normalized spacial score (nSPS) is 12.1. The lowest BCUT2D eigenvalue weighted by Crippen LogP contribution is -2.74. The zero-order valence-corrected chi connectivity index (χ0v) is 35.9. The maximum Gasteiger partial charge on any atom is 0.179 e. The van der Waals surface area contributed by atoms with Gasteiger partial charge in [-0.15, -0.1) is 0 Å². The van der Waals surface area contributed by atoms with E-state index in [9.17, 15) is 0 Å². The number of nitrogens with zero attached hydrogens (tertiary/aromatic N) is 2. The summed E-state index contributed by atoms with van der Waals surface area (Å²) in [4.78, 5) is 0. The number of benzene rings is 10. The fourth-order valence-electron chi connectivity index (χ4n) is 10.7. The third-order valence-electron chi connectivity index (χ3n) is 13.5. The average molecular weight is 833 g/mol. The third-order valence-corrected chi connectivity index (χ3v) is 18.2. The number of hydrogen-bond donors (Lipinski definition) is 0. The number of furan rings is 1. The zero-order valence-electron chi connectivity index (χ0n) is 34.9. The Morgan fingerprint density at radius 2 is 0.797 bits per heavy atom. The maximum atomic E-state index is 6.23. The average Bonchev–Trinajstić information content (AvgIpc) is 4.03. The molecule has 4 heteroatoms. The third kappa shape index (κ3) is 5.39. The van der Waals surface area contributed by atoms with Crippen LogP contribution in [0.5, 0.6) is 0 Å². The molecule has 0 bridgehead atoms. The molecule has 0 aliphatic heterocycles. The fourth-order valence-corrected chi connectivity index (χ4v) is 15.5. The van der Waals surface area contributed by atoms with Gasteiger partial charge in [-0.3, -0.25) is 0 Å². The van der Waals surface area contributed by atoms with E-state index in [0.717, 1.165) is 50.0 Å². The lowest BCUT2D eigenvalue weighted by Gasteiger charge is -2.34. The Morgan fingerprint density at radius 1 is 0.297 bits per heavy atom. The van der Waals surface area contributed by atoms with Gasteiger partial charge in [0.2, 0.25) is 0 Å². The Bertz CT molecular complexity index is 3800. The second-order valence-electron chi connectivity index (χ2n) is 16.8. The van der Waals surface area contributed by atoms with Crippen LogP contribution in [-0.2, 0) is 0 Å². The van der Waals surface area contributed by atoms with Crippen molar-refractivity contribution in [3.63, 3.8) is 0 Å². The molecule has 0 radical (unpaired) electrons. The highest BCUT2D eigenvalue weighted by atomic mass is 28.3. The van der Waals surface area contributed by atoms with Crippen molar-refractivity contribution in [3.8, 4) is 22.5 Å². The standard InChI is InChI=1S/C60H40N2OSi/c1-4-19-44(20-5-1)64(45-21-6-2-7-22-45,46-23-8-3-9-24-46)47-25-16-18-43(40-47)61-54-30-13-11-27-49(54)52-29-17-32-56(60(52)61)62-55-31-14-10-26-48(55)50-36-34-42(39-57(50)62)41-35-37-59-53(38-41)51-28-12-15-33-58(51)63-59/h1-40H. The molecule has 0 fully saturated rings. The first kappa shape index (κ1) is 36.5. The van der Waals surface area contributed by atoms with Gasteiger partial charge >= 0.3 is 0 Å². The van der Waals surface area contributed by atoms with E-state index in [2.05, 4.69) is 240 Å². The first-order chi connectivity index (χ1) is 31.8. The first-order valence-electron chi connectivity index (χ1n) is 22.0. The number of aromatic nitrogens is 2. The lowest BCUT2D eigenvalue weighted by molar-refractivity contribution is 0.669.